The third-order valence-corrected chi connectivity index (χ3v) is 3.93. The highest BCUT2D eigenvalue weighted by molar-refractivity contribution is 5.45. The quantitative estimate of drug-likeness (QED) is 0.942. The molecule has 1 unspecified atom stereocenters. The van der Waals surface area contributed by atoms with Gasteiger partial charge in [-0.15, -0.1) is 0 Å². The van der Waals surface area contributed by atoms with Crippen LogP contribution >= 0.6 is 0 Å². The zero-order chi connectivity index (χ0) is 15.1. The highest BCUT2D eigenvalue weighted by Gasteiger charge is 2.45. The lowest BCUT2D eigenvalue weighted by Gasteiger charge is -2.28. The number of hydrogen-bond donors (Lipinski definition) is 1. The first-order valence-corrected chi connectivity index (χ1v) is 7.27. The zero-order valence-electron chi connectivity index (χ0n) is 13.0. The van der Waals surface area contributed by atoms with E-state index in [2.05, 4.69) is 43.0 Å². The van der Waals surface area contributed by atoms with Gasteiger partial charge in [0.2, 0.25) is 0 Å². The van der Waals surface area contributed by atoms with Crippen molar-refractivity contribution in [2.24, 2.45) is 0 Å². The maximum atomic E-state index is 6.11. The Bertz CT molecular complexity index is 602. The molecule has 5 nitrogen and oxygen atoms in total. The number of nitrogens with one attached hydrogen (secondary N) is 1. The number of ether oxygens (including phenoxy) is 1. The van der Waals surface area contributed by atoms with Crippen LogP contribution in [0.25, 0.3) is 5.82 Å². The molecule has 2 aromatic heterocycles. The molecule has 1 aliphatic heterocycles. The van der Waals surface area contributed by atoms with Crippen molar-refractivity contribution in [1.29, 1.82) is 0 Å². The molecule has 3 heterocycles. The lowest BCUT2D eigenvalue weighted by Crippen LogP contribution is -2.38. The van der Waals surface area contributed by atoms with Gasteiger partial charge in [0.15, 0.2) is 0 Å². The Morgan fingerprint density at radius 2 is 2.10 bits per heavy atom. The molecule has 21 heavy (non-hydrogen) atoms. The van der Waals surface area contributed by atoms with E-state index < -0.39 is 0 Å². The normalized spacial score (nSPS) is 23.1. The van der Waals surface area contributed by atoms with Crippen LogP contribution < -0.4 is 5.32 Å². The maximum absolute atomic E-state index is 6.11. The monoisotopic (exact) mass is 286 g/mol. The molecule has 0 aliphatic carbocycles. The highest BCUT2D eigenvalue weighted by Crippen LogP contribution is 2.38. The Labute approximate surface area is 125 Å². The molecule has 0 bridgehead atoms. The number of pyridine rings is 1. The van der Waals surface area contributed by atoms with E-state index in [0.29, 0.717) is 0 Å². The fraction of sp³-hybridized carbons (Fsp3) is 0.500. The van der Waals surface area contributed by atoms with Crippen molar-refractivity contribution < 1.29 is 4.74 Å². The second-order valence-electron chi connectivity index (χ2n) is 6.74. The molecule has 1 fully saturated rings. The third kappa shape index (κ3) is 2.93. The molecule has 2 aromatic rings. The fourth-order valence-corrected chi connectivity index (χ4v) is 3.01. The molecule has 3 rings (SSSR count). The van der Waals surface area contributed by atoms with Gasteiger partial charge in [-0.1, -0.05) is 0 Å². The van der Waals surface area contributed by atoms with Gasteiger partial charge in [-0.2, -0.15) is 0 Å². The predicted octanol–water partition coefficient (Wildman–Crippen LogP) is 3.03. The first-order valence-electron chi connectivity index (χ1n) is 7.27. The van der Waals surface area contributed by atoms with Crippen molar-refractivity contribution >= 4 is 5.69 Å². The molecule has 1 atom stereocenters. The third-order valence-electron chi connectivity index (χ3n) is 3.93. The molecule has 0 radical (unpaired) electrons. The molecule has 5 heteroatoms. The van der Waals surface area contributed by atoms with Crippen LogP contribution in [0.4, 0.5) is 5.69 Å². The lowest BCUT2D eigenvalue weighted by atomic mass is 9.94. The van der Waals surface area contributed by atoms with Gasteiger partial charge >= 0.3 is 0 Å². The van der Waals surface area contributed by atoms with E-state index in [1.807, 2.05) is 29.1 Å². The molecule has 0 amide bonds. The summed E-state index contributed by atoms with van der Waals surface area (Å²) in [4.78, 5) is 8.50. The largest absolute Gasteiger partial charge is 0.378 e. The van der Waals surface area contributed by atoms with E-state index in [9.17, 15) is 0 Å². The van der Waals surface area contributed by atoms with Gasteiger partial charge in [-0.25, -0.2) is 9.97 Å². The fourth-order valence-electron chi connectivity index (χ4n) is 3.01. The van der Waals surface area contributed by atoms with Gasteiger partial charge < -0.3 is 10.1 Å². The van der Waals surface area contributed by atoms with Crippen molar-refractivity contribution in [2.45, 2.75) is 51.4 Å². The Morgan fingerprint density at radius 1 is 1.29 bits per heavy atom. The highest BCUT2D eigenvalue weighted by atomic mass is 16.5. The summed E-state index contributed by atoms with van der Waals surface area (Å²) in [7, 11) is 0. The molecule has 0 spiro atoms. The minimum absolute atomic E-state index is 0.0919. The van der Waals surface area contributed by atoms with Crippen molar-refractivity contribution in [1.82, 2.24) is 14.5 Å². The van der Waals surface area contributed by atoms with Gasteiger partial charge in [-0.05, 0) is 46.2 Å². The number of rotatable bonds is 3. The van der Waals surface area contributed by atoms with E-state index in [1.54, 1.807) is 12.5 Å². The number of aromatic nitrogens is 3. The first-order chi connectivity index (χ1) is 9.86. The van der Waals surface area contributed by atoms with Gasteiger partial charge in [0.05, 0.1) is 29.1 Å². The van der Waals surface area contributed by atoms with Crippen LogP contribution in [0.2, 0.25) is 0 Å². The first kappa shape index (κ1) is 14.1. The van der Waals surface area contributed by atoms with E-state index >= 15 is 0 Å². The van der Waals surface area contributed by atoms with Crippen molar-refractivity contribution in [2.75, 3.05) is 5.32 Å². The minimum atomic E-state index is -0.188. The summed E-state index contributed by atoms with van der Waals surface area (Å²) in [5.41, 5.74) is 0.732. The molecule has 0 aromatic carbocycles. The average molecular weight is 286 g/mol. The summed E-state index contributed by atoms with van der Waals surface area (Å²) < 4.78 is 7.99. The van der Waals surface area contributed by atoms with E-state index in [1.165, 1.54) is 0 Å². The number of anilines is 1. The molecular formula is C16H22N4O. The van der Waals surface area contributed by atoms with Crippen LogP contribution in [-0.2, 0) is 4.74 Å². The van der Waals surface area contributed by atoms with Crippen molar-refractivity contribution in [3.8, 4) is 5.82 Å². The van der Waals surface area contributed by atoms with Crippen molar-refractivity contribution in [3.63, 3.8) is 0 Å². The minimum Gasteiger partial charge on any atom is -0.378 e. The van der Waals surface area contributed by atoms with Gasteiger partial charge in [-0.3, -0.25) is 4.57 Å². The van der Waals surface area contributed by atoms with Crippen LogP contribution in [0.15, 0.2) is 37.1 Å². The predicted molar refractivity (Wildman–Crippen MR) is 82.6 cm³/mol. The Balaban J connectivity index is 1.74. The molecule has 0 saturated carbocycles. The van der Waals surface area contributed by atoms with Gasteiger partial charge in [0.1, 0.15) is 12.1 Å². The zero-order valence-corrected chi connectivity index (χ0v) is 13.0. The van der Waals surface area contributed by atoms with Gasteiger partial charge in [0.25, 0.3) is 0 Å². The standard InChI is InChI=1S/C16H22N4O/c1-15(2)9-13(16(3,4)21-15)19-12-5-6-14(18-10-12)20-8-7-17-11-20/h5-8,10-11,13,19H,9H2,1-4H3. The van der Waals surface area contributed by atoms with E-state index in [-0.39, 0.29) is 17.2 Å². The van der Waals surface area contributed by atoms with E-state index in [0.717, 1.165) is 17.9 Å². The molecule has 112 valence electrons. The maximum Gasteiger partial charge on any atom is 0.137 e. The topological polar surface area (TPSA) is 52.0 Å². The summed E-state index contributed by atoms with van der Waals surface area (Å²) in [5, 5.41) is 3.55. The number of imidazole rings is 1. The van der Waals surface area contributed by atoms with Crippen molar-refractivity contribution in [3.05, 3.63) is 37.1 Å². The summed E-state index contributed by atoms with van der Waals surface area (Å²) in [5.74, 6) is 0.861. The van der Waals surface area contributed by atoms with Crippen LogP contribution in [0.1, 0.15) is 34.1 Å². The summed E-state index contributed by atoms with van der Waals surface area (Å²) in [6.45, 7) is 8.53. The molecule has 1 aliphatic rings. The second-order valence-corrected chi connectivity index (χ2v) is 6.74. The smallest absolute Gasteiger partial charge is 0.137 e. The summed E-state index contributed by atoms with van der Waals surface area (Å²) >= 11 is 0. The van der Waals surface area contributed by atoms with Crippen LogP contribution in [0, 0.1) is 0 Å². The van der Waals surface area contributed by atoms with Crippen LogP contribution in [0.5, 0.6) is 0 Å². The Morgan fingerprint density at radius 3 is 2.62 bits per heavy atom. The Kier molecular flexibility index (Phi) is 3.24. The lowest BCUT2D eigenvalue weighted by molar-refractivity contribution is -0.0662. The molecule has 1 N–H and O–H groups in total. The second kappa shape index (κ2) is 4.84. The summed E-state index contributed by atoms with van der Waals surface area (Å²) in [6, 6.07) is 4.30. The number of nitrogens with zero attached hydrogens (tertiary/aromatic N) is 3. The summed E-state index contributed by atoms with van der Waals surface area (Å²) in [6.07, 6.45) is 8.20. The molecule has 1 saturated heterocycles. The van der Waals surface area contributed by atoms with E-state index in [4.69, 9.17) is 4.74 Å². The van der Waals surface area contributed by atoms with Gasteiger partial charge in [0, 0.05) is 12.4 Å². The van der Waals surface area contributed by atoms with Crippen LogP contribution in [-0.4, -0.2) is 31.8 Å². The average Bonchev–Trinajstić information content (AvgIpc) is 2.97. The SMILES string of the molecule is CC1(C)CC(Nc2ccc(-n3ccnc3)nc2)C(C)(C)O1. The van der Waals surface area contributed by atoms with Crippen LogP contribution in [0.3, 0.4) is 0 Å². The molecular weight excluding hydrogens is 264 g/mol. The number of hydrogen-bond acceptors (Lipinski definition) is 4. The Hall–Kier alpha value is -1.88.